The van der Waals surface area contributed by atoms with Gasteiger partial charge in [0.05, 0.1) is 9.26 Å². The predicted molar refractivity (Wildman–Crippen MR) is 85.4 cm³/mol. The number of nitrogens with one attached hydrogen (secondary N) is 1. The zero-order valence-corrected chi connectivity index (χ0v) is 13.6. The first-order valence-corrected chi connectivity index (χ1v) is 7.26. The summed E-state index contributed by atoms with van der Waals surface area (Å²) >= 11 is 2.20. The monoisotopic (exact) mass is 387 g/mol. The van der Waals surface area contributed by atoms with Crippen molar-refractivity contribution in [1.82, 2.24) is 9.97 Å². The smallest absolute Gasteiger partial charge is 0.165 e. The first-order chi connectivity index (χ1) is 9.43. The largest absolute Gasteiger partial charge is 0.505 e. The second-order valence-electron chi connectivity index (χ2n) is 4.67. The molecule has 0 spiro atoms. The Balaban J connectivity index is 2.61. The zero-order valence-electron chi connectivity index (χ0n) is 11.4. The van der Waals surface area contributed by atoms with Gasteiger partial charge in [0.2, 0.25) is 0 Å². The maximum atomic E-state index is 13.5. The Kier molecular flexibility index (Phi) is 4.42. The van der Waals surface area contributed by atoms with Crippen LogP contribution in [-0.2, 0) is 0 Å². The number of anilines is 1. The second kappa shape index (κ2) is 5.90. The van der Waals surface area contributed by atoms with Crippen LogP contribution in [0.1, 0.15) is 25.5 Å². The molecule has 0 fully saturated rings. The van der Waals surface area contributed by atoms with Gasteiger partial charge in [-0.1, -0.05) is 13.8 Å². The van der Waals surface area contributed by atoms with Gasteiger partial charge in [-0.3, -0.25) is 0 Å². The molecule has 0 aliphatic heterocycles. The third kappa shape index (κ3) is 2.84. The first kappa shape index (κ1) is 15.0. The molecule has 0 aliphatic carbocycles. The minimum absolute atomic E-state index is 0.234. The molecule has 0 bridgehead atoms. The summed E-state index contributed by atoms with van der Waals surface area (Å²) in [5.74, 6) is 0.335. The van der Waals surface area contributed by atoms with Crippen molar-refractivity contribution in [2.45, 2.75) is 19.8 Å². The number of phenols is 1. The molecule has 6 heteroatoms. The molecule has 0 unspecified atom stereocenters. The molecule has 0 radical (unpaired) electrons. The lowest BCUT2D eigenvalue weighted by Crippen LogP contribution is -2.06. The minimum atomic E-state index is -0.679. The number of hydrogen-bond acceptors (Lipinski definition) is 4. The fourth-order valence-corrected chi connectivity index (χ4v) is 2.92. The Morgan fingerprint density at radius 3 is 2.55 bits per heavy atom. The summed E-state index contributed by atoms with van der Waals surface area (Å²) < 4.78 is 14.4. The van der Waals surface area contributed by atoms with Crippen molar-refractivity contribution < 1.29 is 9.50 Å². The molecule has 1 heterocycles. The first-order valence-electron chi connectivity index (χ1n) is 6.18. The van der Waals surface area contributed by atoms with Gasteiger partial charge in [0.1, 0.15) is 5.82 Å². The Bertz CT molecular complexity index is 647. The quantitative estimate of drug-likeness (QED) is 0.788. The van der Waals surface area contributed by atoms with E-state index in [0.717, 1.165) is 9.26 Å². The lowest BCUT2D eigenvalue weighted by atomic mass is 10.1. The Labute approximate surface area is 130 Å². The average molecular weight is 387 g/mol. The highest BCUT2D eigenvalue weighted by molar-refractivity contribution is 14.1. The van der Waals surface area contributed by atoms with E-state index in [9.17, 15) is 9.50 Å². The topological polar surface area (TPSA) is 58.0 Å². The van der Waals surface area contributed by atoms with E-state index >= 15 is 0 Å². The zero-order chi connectivity index (χ0) is 14.9. The molecule has 0 saturated carbocycles. The highest BCUT2D eigenvalue weighted by Crippen LogP contribution is 2.29. The van der Waals surface area contributed by atoms with Gasteiger partial charge in [0.15, 0.2) is 17.4 Å². The van der Waals surface area contributed by atoms with Crippen molar-refractivity contribution in [2.24, 2.45) is 0 Å². The molecule has 106 valence electrons. The van der Waals surface area contributed by atoms with Gasteiger partial charge >= 0.3 is 0 Å². The second-order valence-corrected chi connectivity index (χ2v) is 5.74. The Morgan fingerprint density at radius 1 is 1.30 bits per heavy atom. The molecule has 0 atom stereocenters. The van der Waals surface area contributed by atoms with Gasteiger partial charge in [-0.15, -0.1) is 0 Å². The van der Waals surface area contributed by atoms with Gasteiger partial charge in [0.25, 0.3) is 0 Å². The summed E-state index contributed by atoms with van der Waals surface area (Å²) in [5, 5.41) is 12.3. The third-order valence-electron chi connectivity index (χ3n) is 2.87. The summed E-state index contributed by atoms with van der Waals surface area (Å²) in [6.45, 7) is 4.09. The van der Waals surface area contributed by atoms with Gasteiger partial charge in [0, 0.05) is 12.6 Å². The van der Waals surface area contributed by atoms with Crippen molar-refractivity contribution in [1.29, 1.82) is 0 Å². The summed E-state index contributed by atoms with van der Waals surface area (Å²) in [4.78, 5) is 8.91. The minimum Gasteiger partial charge on any atom is -0.505 e. The lowest BCUT2D eigenvalue weighted by molar-refractivity contribution is 0.432. The molecular formula is C14H15FIN3O. The Morgan fingerprint density at radius 2 is 2.00 bits per heavy atom. The van der Waals surface area contributed by atoms with Gasteiger partial charge in [-0.2, -0.15) is 0 Å². The maximum absolute atomic E-state index is 13.5. The van der Waals surface area contributed by atoms with Crippen LogP contribution in [0, 0.1) is 9.39 Å². The SMILES string of the molecule is CNc1nc(-c2ccc(O)c(F)c2)nc(C(C)C)c1I. The van der Waals surface area contributed by atoms with Gasteiger partial charge in [-0.25, -0.2) is 14.4 Å². The number of benzene rings is 1. The van der Waals surface area contributed by atoms with E-state index in [0.29, 0.717) is 17.2 Å². The molecule has 2 N–H and O–H groups in total. The normalized spacial score (nSPS) is 10.9. The summed E-state index contributed by atoms with van der Waals surface area (Å²) in [7, 11) is 1.79. The van der Waals surface area contributed by atoms with E-state index in [1.54, 1.807) is 13.1 Å². The standard InChI is InChI=1S/C14H15FIN3O/c1-7(2)12-11(16)14(17-3)19-13(18-12)8-4-5-10(20)9(15)6-8/h4-7,20H,1-3H3,(H,17,18,19). The number of halogens is 2. The van der Waals surface area contributed by atoms with Crippen molar-refractivity contribution >= 4 is 28.4 Å². The van der Waals surface area contributed by atoms with E-state index in [4.69, 9.17) is 0 Å². The highest BCUT2D eigenvalue weighted by atomic mass is 127. The number of phenolic OH excluding ortho intramolecular Hbond substituents is 1. The van der Waals surface area contributed by atoms with Crippen LogP contribution in [0.25, 0.3) is 11.4 Å². The molecule has 0 aliphatic rings. The molecular weight excluding hydrogens is 372 g/mol. The number of aromatic hydroxyl groups is 1. The van der Waals surface area contributed by atoms with E-state index in [1.807, 2.05) is 13.8 Å². The molecule has 1 aromatic heterocycles. The number of nitrogens with zero attached hydrogens (tertiary/aromatic N) is 2. The van der Waals surface area contributed by atoms with Gasteiger partial charge in [-0.05, 0) is 46.7 Å². The lowest BCUT2D eigenvalue weighted by Gasteiger charge is -2.13. The highest BCUT2D eigenvalue weighted by Gasteiger charge is 2.16. The van der Waals surface area contributed by atoms with Crippen LogP contribution in [0.4, 0.5) is 10.2 Å². The van der Waals surface area contributed by atoms with E-state index < -0.39 is 5.82 Å². The van der Waals surface area contributed by atoms with E-state index in [1.165, 1.54) is 12.1 Å². The van der Waals surface area contributed by atoms with E-state index in [-0.39, 0.29) is 11.7 Å². The van der Waals surface area contributed by atoms with Crippen molar-refractivity contribution in [3.05, 3.63) is 33.3 Å². The molecule has 0 amide bonds. The molecule has 20 heavy (non-hydrogen) atoms. The number of rotatable bonds is 3. The predicted octanol–water partition coefficient (Wildman–Crippen LogP) is 3.76. The van der Waals surface area contributed by atoms with Crippen LogP contribution in [0.3, 0.4) is 0 Å². The van der Waals surface area contributed by atoms with Crippen molar-refractivity contribution in [2.75, 3.05) is 12.4 Å². The number of aromatic nitrogens is 2. The van der Waals surface area contributed by atoms with Crippen LogP contribution in [0.15, 0.2) is 18.2 Å². The van der Waals surface area contributed by atoms with Crippen LogP contribution < -0.4 is 5.32 Å². The summed E-state index contributed by atoms with van der Waals surface area (Å²) in [6.07, 6.45) is 0. The van der Waals surface area contributed by atoms with Crippen LogP contribution in [0.5, 0.6) is 5.75 Å². The van der Waals surface area contributed by atoms with Crippen molar-refractivity contribution in [3.8, 4) is 17.1 Å². The molecule has 0 saturated heterocycles. The fourth-order valence-electron chi connectivity index (χ4n) is 1.79. The van der Waals surface area contributed by atoms with Gasteiger partial charge < -0.3 is 10.4 Å². The van der Waals surface area contributed by atoms with E-state index in [2.05, 4.69) is 37.9 Å². The third-order valence-corrected chi connectivity index (χ3v) is 3.93. The van der Waals surface area contributed by atoms with Crippen LogP contribution in [-0.4, -0.2) is 22.1 Å². The molecule has 2 aromatic rings. The molecule has 4 nitrogen and oxygen atoms in total. The van der Waals surface area contributed by atoms with Crippen molar-refractivity contribution in [3.63, 3.8) is 0 Å². The Hall–Kier alpha value is -1.44. The molecule has 2 rings (SSSR count). The summed E-state index contributed by atoms with van der Waals surface area (Å²) in [5.41, 5.74) is 1.45. The fraction of sp³-hybridized carbons (Fsp3) is 0.286. The van der Waals surface area contributed by atoms with Crippen LogP contribution in [0.2, 0.25) is 0 Å². The summed E-state index contributed by atoms with van der Waals surface area (Å²) in [6, 6.07) is 4.14. The maximum Gasteiger partial charge on any atom is 0.165 e. The van der Waals surface area contributed by atoms with Crippen LogP contribution >= 0.6 is 22.6 Å². The number of hydrogen-bond donors (Lipinski definition) is 2. The molecule has 1 aromatic carbocycles. The average Bonchev–Trinajstić information content (AvgIpc) is 2.42.